The summed E-state index contributed by atoms with van der Waals surface area (Å²) < 4.78 is 26.1. The van der Waals surface area contributed by atoms with Gasteiger partial charge in [0.1, 0.15) is 0 Å². The van der Waals surface area contributed by atoms with Crippen LogP contribution in [0.15, 0.2) is 83.9 Å². The van der Waals surface area contributed by atoms with E-state index in [9.17, 15) is 13.2 Å². The van der Waals surface area contributed by atoms with E-state index in [0.717, 1.165) is 29.4 Å². The van der Waals surface area contributed by atoms with Crippen LogP contribution in [-0.2, 0) is 29.3 Å². The molecule has 1 heterocycles. The Morgan fingerprint density at radius 1 is 0.943 bits per heavy atom. The van der Waals surface area contributed by atoms with E-state index in [1.807, 2.05) is 24.3 Å². The number of hydrogen-bond acceptors (Lipinski definition) is 3. The zero-order valence-electron chi connectivity index (χ0n) is 20.5. The smallest absolute Gasteiger partial charge is 0.251 e. The molecule has 0 aliphatic carbocycles. The lowest BCUT2D eigenvalue weighted by atomic mass is 9.98. The molecule has 0 radical (unpaired) electrons. The van der Waals surface area contributed by atoms with Gasteiger partial charge in [0.05, 0.1) is 10.6 Å². The Kier molecular flexibility index (Phi) is 7.41. The zero-order valence-corrected chi connectivity index (χ0v) is 21.3. The van der Waals surface area contributed by atoms with Crippen molar-refractivity contribution in [1.82, 2.24) is 9.88 Å². The SMILES string of the molecule is CCS(=O)(=O)c1ccc(CNC(=O)c2ccc3c(ccn3Cc3ccccc3CC(C)C)c2)cc1. The first-order chi connectivity index (χ1) is 16.8. The Morgan fingerprint density at radius 2 is 1.66 bits per heavy atom. The van der Waals surface area contributed by atoms with E-state index in [-0.39, 0.29) is 11.7 Å². The minimum Gasteiger partial charge on any atom is -0.348 e. The summed E-state index contributed by atoms with van der Waals surface area (Å²) in [4.78, 5) is 13.1. The van der Waals surface area contributed by atoms with Crippen LogP contribution < -0.4 is 5.32 Å². The summed E-state index contributed by atoms with van der Waals surface area (Å²) in [7, 11) is -3.23. The second-order valence-corrected chi connectivity index (χ2v) is 11.6. The van der Waals surface area contributed by atoms with Crippen molar-refractivity contribution in [3.05, 3.63) is 101 Å². The number of hydrogen-bond donors (Lipinski definition) is 1. The molecule has 0 aliphatic heterocycles. The summed E-state index contributed by atoms with van der Waals surface area (Å²) in [5, 5.41) is 3.95. The molecule has 4 aromatic rings. The van der Waals surface area contributed by atoms with Crippen LogP contribution >= 0.6 is 0 Å². The lowest BCUT2D eigenvalue weighted by molar-refractivity contribution is 0.0951. The predicted octanol–water partition coefficient (Wildman–Crippen LogP) is 5.61. The molecule has 1 amide bonds. The third-order valence-electron chi connectivity index (χ3n) is 6.24. The van der Waals surface area contributed by atoms with Crippen molar-refractivity contribution >= 4 is 26.6 Å². The van der Waals surface area contributed by atoms with Crippen LogP contribution in [0.2, 0.25) is 0 Å². The Labute approximate surface area is 207 Å². The first kappa shape index (κ1) is 24.7. The molecular weight excluding hydrogens is 456 g/mol. The van der Waals surface area contributed by atoms with Gasteiger partial charge in [0, 0.05) is 35.8 Å². The highest BCUT2D eigenvalue weighted by molar-refractivity contribution is 7.91. The van der Waals surface area contributed by atoms with Gasteiger partial charge < -0.3 is 9.88 Å². The molecule has 182 valence electrons. The fourth-order valence-corrected chi connectivity index (χ4v) is 5.16. The summed E-state index contributed by atoms with van der Waals surface area (Å²) in [5.41, 5.74) is 5.23. The average Bonchev–Trinajstić information content (AvgIpc) is 3.25. The van der Waals surface area contributed by atoms with Crippen molar-refractivity contribution < 1.29 is 13.2 Å². The van der Waals surface area contributed by atoms with Crippen LogP contribution in [0.25, 0.3) is 10.9 Å². The van der Waals surface area contributed by atoms with Crippen molar-refractivity contribution in [3.8, 4) is 0 Å². The molecule has 6 heteroatoms. The van der Waals surface area contributed by atoms with Crippen LogP contribution in [0, 0.1) is 5.92 Å². The highest BCUT2D eigenvalue weighted by atomic mass is 32.2. The lowest BCUT2D eigenvalue weighted by Gasteiger charge is -2.13. The van der Waals surface area contributed by atoms with Crippen LogP contribution in [0.1, 0.15) is 47.8 Å². The quantitative estimate of drug-likeness (QED) is 0.333. The minimum absolute atomic E-state index is 0.0672. The van der Waals surface area contributed by atoms with E-state index in [1.54, 1.807) is 31.2 Å². The number of sulfone groups is 1. The number of nitrogens with one attached hydrogen (secondary N) is 1. The number of amides is 1. The van der Waals surface area contributed by atoms with Crippen LogP contribution in [0.4, 0.5) is 0 Å². The van der Waals surface area contributed by atoms with Gasteiger partial charge in [-0.3, -0.25) is 4.79 Å². The second kappa shape index (κ2) is 10.5. The molecule has 1 N–H and O–H groups in total. The van der Waals surface area contributed by atoms with E-state index in [2.05, 4.69) is 54.2 Å². The molecule has 1 aromatic heterocycles. The average molecular weight is 489 g/mol. The number of aromatic nitrogens is 1. The van der Waals surface area contributed by atoms with Gasteiger partial charge in [0.25, 0.3) is 5.91 Å². The van der Waals surface area contributed by atoms with E-state index >= 15 is 0 Å². The molecule has 0 atom stereocenters. The second-order valence-electron chi connectivity index (χ2n) is 9.31. The maximum absolute atomic E-state index is 12.8. The number of carbonyl (C=O) groups is 1. The summed E-state index contributed by atoms with van der Waals surface area (Å²) in [6.45, 7) is 7.22. The van der Waals surface area contributed by atoms with Gasteiger partial charge in [0.15, 0.2) is 9.84 Å². The fraction of sp³-hybridized carbons (Fsp3) is 0.276. The zero-order chi connectivity index (χ0) is 25.0. The number of rotatable bonds is 9. The number of carbonyl (C=O) groups excluding carboxylic acids is 1. The van der Waals surface area contributed by atoms with Gasteiger partial charge in [-0.05, 0) is 65.4 Å². The third-order valence-corrected chi connectivity index (χ3v) is 7.99. The van der Waals surface area contributed by atoms with Crippen LogP contribution in [0.3, 0.4) is 0 Å². The predicted molar refractivity (Wildman–Crippen MR) is 141 cm³/mol. The molecule has 0 bridgehead atoms. The number of benzene rings is 3. The van der Waals surface area contributed by atoms with Gasteiger partial charge in [-0.15, -0.1) is 0 Å². The molecule has 5 nitrogen and oxygen atoms in total. The molecule has 35 heavy (non-hydrogen) atoms. The molecule has 0 unspecified atom stereocenters. The standard InChI is InChI=1S/C29H32N2O3S/c1-4-35(33,34)27-12-9-22(10-13-27)19-30-29(32)25-11-14-28-24(18-25)15-16-31(28)20-26-8-6-5-7-23(26)17-21(2)3/h5-16,18,21H,4,17,19-20H2,1-3H3,(H,30,32). The molecular formula is C29H32N2O3S. The lowest BCUT2D eigenvalue weighted by Crippen LogP contribution is -2.22. The van der Waals surface area contributed by atoms with Gasteiger partial charge in [0.2, 0.25) is 0 Å². The largest absolute Gasteiger partial charge is 0.348 e. The van der Waals surface area contributed by atoms with Crippen molar-refractivity contribution in [2.24, 2.45) is 5.92 Å². The third kappa shape index (κ3) is 5.82. The Hall–Kier alpha value is -3.38. The maximum atomic E-state index is 12.8. The van der Waals surface area contributed by atoms with Gasteiger partial charge in [-0.2, -0.15) is 0 Å². The summed E-state index contributed by atoms with van der Waals surface area (Å²) in [6, 6.07) is 23.1. The van der Waals surface area contributed by atoms with Crippen LogP contribution in [0.5, 0.6) is 0 Å². The molecule has 0 saturated carbocycles. The summed E-state index contributed by atoms with van der Waals surface area (Å²) in [5.74, 6) is 0.505. The van der Waals surface area contributed by atoms with E-state index < -0.39 is 9.84 Å². The van der Waals surface area contributed by atoms with Gasteiger partial charge >= 0.3 is 0 Å². The Balaban J connectivity index is 1.45. The topological polar surface area (TPSA) is 68.2 Å². The molecule has 4 rings (SSSR count). The van der Waals surface area contributed by atoms with Gasteiger partial charge in [-0.25, -0.2) is 8.42 Å². The summed E-state index contributed by atoms with van der Waals surface area (Å²) in [6.07, 6.45) is 3.13. The summed E-state index contributed by atoms with van der Waals surface area (Å²) >= 11 is 0. The number of nitrogens with zero attached hydrogens (tertiary/aromatic N) is 1. The molecule has 0 spiro atoms. The van der Waals surface area contributed by atoms with Crippen molar-refractivity contribution in [1.29, 1.82) is 0 Å². The normalized spacial score (nSPS) is 11.8. The Morgan fingerprint density at radius 3 is 2.34 bits per heavy atom. The van der Waals surface area contributed by atoms with Crippen molar-refractivity contribution in [3.63, 3.8) is 0 Å². The van der Waals surface area contributed by atoms with E-state index in [4.69, 9.17) is 0 Å². The fourth-order valence-electron chi connectivity index (χ4n) is 4.28. The highest BCUT2D eigenvalue weighted by Gasteiger charge is 2.12. The van der Waals surface area contributed by atoms with Crippen molar-refractivity contribution in [2.45, 2.75) is 45.2 Å². The minimum atomic E-state index is -3.23. The molecule has 0 saturated heterocycles. The van der Waals surface area contributed by atoms with E-state index in [0.29, 0.717) is 22.9 Å². The highest BCUT2D eigenvalue weighted by Crippen LogP contribution is 2.22. The van der Waals surface area contributed by atoms with E-state index in [1.165, 1.54) is 11.1 Å². The first-order valence-corrected chi connectivity index (χ1v) is 13.7. The first-order valence-electron chi connectivity index (χ1n) is 12.0. The maximum Gasteiger partial charge on any atom is 0.251 e. The van der Waals surface area contributed by atoms with Crippen LogP contribution in [-0.4, -0.2) is 24.6 Å². The van der Waals surface area contributed by atoms with Crippen molar-refractivity contribution in [2.75, 3.05) is 5.75 Å². The molecule has 0 fully saturated rings. The monoisotopic (exact) mass is 488 g/mol. The molecule has 3 aromatic carbocycles. The van der Waals surface area contributed by atoms with Gasteiger partial charge in [-0.1, -0.05) is 57.2 Å². The number of fused-ring (bicyclic) bond motifs is 1. The Bertz CT molecular complexity index is 1430. The molecule has 0 aliphatic rings.